The molecular formula is C21H34N4O3. The molecule has 1 aliphatic rings. The molecule has 7 heteroatoms. The van der Waals surface area contributed by atoms with E-state index in [9.17, 15) is 9.59 Å². The topological polar surface area (TPSA) is 65.1 Å². The van der Waals surface area contributed by atoms with E-state index < -0.39 is 0 Å². The zero-order valence-corrected chi connectivity index (χ0v) is 17.4. The quantitative estimate of drug-likeness (QED) is 0.659. The molecule has 0 atom stereocenters. The molecule has 1 N–H and O–H groups in total. The predicted molar refractivity (Wildman–Crippen MR) is 113 cm³/mol. The number of amides is 2. The number of carbonyl (C=O) groups is 2. The maximum Gasteiger partial charge on any atom is 0.223 e. The van der Waals surface area contributed by atoms with Gasteiger partial charge in [0.15, 0.2) is 0 Å². The average Bonchev–Trinajstić information content (AvgIpc) is 2.70. The van der Waals surface area contributed by atoms with Crippen LogP contribution in [0.25, 0.3) is 0 Å². The maximum absolute atomic E-state index is 12.2. The van der Waals surface area contributed by atoms with E-state index >= 15 is 0 Å². The maximum atomic E-state index is 12.2. The zero-order chi connectivity index (χ0) is 20.4. The summed E-state index contributed by atoms with van der Waals surface area (Å²) in [5.41, 5.74) is 1.96. The second-order valence-corrected chi connectivity index (χ2v) is 6.91. The number of morpholine rings is 1. The van der Waals surface area contributed by atoms with Gasteiger partial charge in [0.05, 0.1) is 13.2 Å². The molecule has 2 rings (SSSR count). The van der Waals surface area contributed by atoms with Crippen LogP contribution in [0.2, 0.25) is 0 Å². The fourth-order valence-electron chi connectivity index (χ4n) is 3.38. The van der Waals surface area contributed by atoms with Crippen molar-refractivity contribution in [3.8, 4) is 0 Å². The molecule has 0 radical (unpaired) electrons. The number of ether oxygens (including phenoxy) is 1. The van der Waals surface area contributed by atoms with Crippen molar-refractivity contribution in [2.24, 2.45) is 0 Å². The highest BCUT2D eigenvalue weighted by Crippen LogP contribution is 2.21. The molecule has 0 aromatic heterocycles. The monoisotopic (exact) mass is 390 g/mol. The Morgan fingerprint density at radius 1 is 1.07 bits per heavy atom. The largest absolute Gasteiger partial charge is 0.379 e. The van der Waals surface area contributed by atoms with Gasteiger partial charge in [-0.15, -0.1) is 0 Å². The Kier molecular flexibility index (Phi) is 9.23. The van der Waals surface area contributed by atoms with Crippen molar-refractivity contribution in [1.82, 2.24) is 10.2 Å². The van der Waals surface area contributed by atoms with Gasteiger partial charge >= 0.3 is 0 Å². The normalized spacial score (nSPS) is 14.5. The van der Waals surface area contributed by atoms with Gasteiger partial charge in [0.1, 0.15) is 0 Å². The smallest absolute Gasteiger partial charge is 0.223 e. The molecule has 7 nitrogen and oxygen atoms in total. The summed E-state index contributed by atoms with van der Waals surface area (Å²) in [5, 5.41) is 2.95. The average molecular weight is 391 g/mol. The molecule has 0 unspecified atom stereocenters. The van der Waals surface area contributed by atoms with Crippen molar-refractivity contribution in [3.63, 3.8) is 0 Å². The lowest BCUT2D eigenvalue weighted by Crippen LogP contribution is -2.42. The molecule has 1 fully saturated rings. The molecule has 0 aliphatic carbocycles. The summed E-state index contributed by atoms with van der Waals surface area (Å²) in [6, 6.07) is 7.96. The van der Waals surface area contributed by atoms with Gasteiger partial charge < -0.3 is 19.9 Å². The van der Waals surface area contributed by atoms with Crippen LogP contribution in [-0.4, -0.2) is 75.7 Å². The Labute approximate surface area is 168 Å². The summed E-state index contributed by atoms with van der Waals surface area (Å²) >= 11 is 0. The van der Waals surface area contributed by atoms with Crippen LogP contribution in [0.3, 0.4) is 0 Å². The van der Waals surface area contributed by atoms with Gasteiger partial charge in [0.25, 0.3) is 0 Å². The molecule has 0 bridgehead atoms. The van der Waals surface area contributed by atoms with Gasteiger partial charge in [-0.1, -0.05) is 0 Å². The van der Waals surface area contributed by atoms with E-state index in [1.807, 2.05) is 24.3 Å². The molecule has 1 aromatic carbocycles. The van der Waals surface area contributed by atoms with Crippen LogP contribution in [0, 0.1) is 0 Å². The Hall–Kier alpha value is -2.12. The van der Waals surface area contributed by atoms with Crippen molar-refractivity contribution in [1.29, 1.82) is 0 Å². The molecule has 1 aliphatic heterocycles. The fourth-order valence-corrected chi connectivity index (χ4v) is 3.38. The number of hydrogen-bond acceptors (Lipinski definition) is 5. The van der Waals surface area contributed by atoms with Crippen LogP contribution in [-0.2, 0) is 14.3 Å². The first-order valence-corrected chi connectivity index (χ1v) is 10.2. The third kappa shape index (κ3) is 6.80. The molecule has 1 heterocycles. The second kappa shape index (κ2) is 11.7. The van der Waals surface area contributed by atoms with E-state index in [0.29, 0.717) is 19.5 Å². The first kappa shape index (κ1) is 22.2. The lowest BCUT2D eigenvalue weighted by Gasteiger charge is -2.26. The van der Waals surface area contributed by atoms with Crippen LogP contribution >= 0.6 is 0 Å². The number of benzene rings is 1. The van der Waals surface area contributed by atoms with Gasteiger partial charge in [-0.2, -0.15) is 0 Å². The van der Waals surface area contributed by atoms with Gasteiger partial charge in [-0.05, 0) is 38.1 Å². The number of hydrogen-bond donors (Lipinski definition) is 1. The SMILES string of the molecule is CCN(CC)c1ccc(N(CCC(=O)NCCN2CCOCC2)C(C)=O)cc1. The summed E-state index contributed by atoms with van der Waals surface area (Å²) in [6.45, 7) is 12.8. The van der Waals surface area contributed by atoms with E-state index in [4.69, 9.17) is 4.74 Å². The van der Waals surface area contributed by atoms with Crippen molar-refractivity contribution in [2.75, 3.05) is 68.8 Å². The van der Waals surface area contributed by atoms with Crippen LogP contribution in [0.4, 0.5) is 11.4 Å². The summed E-state index contributed by atoms with van der Waals surface area (Å²) in [5.74, 6) is -0.0871. The number of nitrogens with zero attached hydrogens (tertiary/aromatic N) is 3. The number of nitrogens with one attached hydrogen (secondary N) is 1. The molecule has 28 heavy (non-hydrogen) atoms. The van der Waals surface area contributed by atoms with E-state index in [0.717, 1.165) is 57.3 Å². The molecule has 0 spiro atoms. The minimum Gasteiger partial charge on any atom is -0.379 e. The van der Waals surface area contributed by atoms with Gasteiger partial charge in [0.2, 0.25) is 11.8 Å². The number of carbonyl (C=O) groups excluding carboxylic acids is 2. The minimum absolute atomic E-state index is 0.0285. The fraction of sp³-hybridized carbons (Fsp3) is 0.619. The van der Waals surface area contributed by atoms with Crippen molar-refractivity contribution in [2.45, 2.75) is 27.2 Å². The molecule has 156 valence electrons. The minimum atomic E-state index is -0.0586. The standard InChI is InChI=1S/C21H34N4O3/c1-4-24(5-2)19-6-8-20(9-7-19)25(18(3)26)12-10-21(27)22-11-13-23-14-16-28-17-15-23/h6-9H,4-5,10-17H2,1-3H3,(H,22,27). The number of anilines is 2. The van der Waals surface area contributed by atoms with Crippen LogP contribution < -0.4 is 15.1 Å². The number of rotatable bonds is 10. The van der Waals surface area contributed by atoms with Crippen LogP contribution in [0.1, 0.15) is 27.2 Å². The Bertz CT molecular complexity index is 611. The van der Waals surface area contributed by atoms with E-state index in [2.05, 4.69) is 29.0 Å². The summed E-state index contributed by atoms with van der Waals surface area (Å²) in [6.07, 6.45) is 0.292. The lowest BCUT2D eigenvalue weighted by molar-refractivity contribution is -0.121. The van der Waals surface area contributed by atoms with E-state index in [-0.39, 0.29) is 11.8 Å². The van der Waals surface area contributed by atoms with E-state index in [1.165, 1.54) is 6.92 Å². The Morgan fingerprint density at radius 3 is 2.25 bits per heavy atom. The summed E-state index contributed by atoms with van der Waals surface area (Å²) < 4.78 is 5.32. The molecule has 0 saturated carbocycles. The first-order valence-electron chi connectivity index (χ1n) is 10.2. The molecular weight excluding hydrogens is 356 g/mol. The van der Waals surface area contributed by atoms with Crippen molar-refractivity contribution < 1.29 is 14.3 Å². The molecule has 1 aromatic rings. The summed E-state index contributed by atoms with van der Waals surface area (Å²) in [7, 11) is 0. The Morgan fingerprint density at radius 2 is 1.68 bits per heavy atom. The lowest BCUT2D eigenvalue weighted by atomic mass is 10.2. The molecule has 2 amide bonds. The third-order valence-electron chi connectivity index (χ3n) is 5.09. The highest BCUT2D eigenvalue weighted by molar-refractivity contribution is 5.92. The highest BCUT2D eigenvalue weighted by Gasteiger charge is 2.15. The van der Waals surface area contributed by atoms with Crippen molar-refractivity contribution >= 4 is 23.2 Å². The second-order valence-electron chi connectivity index (χ2n) is 6.91. The first-order chi connectivity index (χ1) is 13.5. The van der Waals surface area contributed by atoms with Gasteiger partial charge in [-0.3, -0.25) is 14.5 Å². The van der Waals surface area contributed by atoms with Crippen LogP contribution in [0.5, 0.6) is 0 Å². The van der Waals surface area contributed by atoms with Crippen molar-refractivity contribution in [3.05, 3.63) is 24.3 Å². The van der Waals surface area contributed by atoms with Gasteiger partial charge in [-0.25, -0.2) is 0 Å². The summed E-state index contributed by atoms with van der Waals surface area (Å²) in [4.78, 5) is 30.4. The zero-order valence-electron chi connectivity index (χ0n) is 17.4. The van der Waals surface area contributed by atoms with Gasteiger partial charge in [0, 0.05) is 70.5 Å². The van der Waals surface area contributed by atoms with E-state index in [1.54, 1.807) is 4.90 Å². The molecule has 1 saturated heterocycles. The van der Waals surface area contributed by atoms with Crippen LogP contribution in [0.15, 0.2) is 24.3 Å². The Balaban J connectivity index is 1.81. The predicted octanol–water partition coefficient (Wildman–Crippen LogP) is 1.72. The third-order valence-corrected chi connectivity index (χ3v) is 5.09. The highest BCUT2D eigenvalue weighted by atomic mass is 16.5.